The molecule has 4 heteroatoms. The van der Waals surface area contributed by atoms with Crippen LogP contribution in [0.1, 0.15) is 26.7 Å². The average molecular weight is 187 g/mol. The third-order valence-electron chi connectivity index (χ3n) is 1.56. The van der Waals surface area contributed by atoms with Gasteiger partial charge in [0.25, 0.3) is 0 Å². The van der Waals surface area contributed by atoms with Crippen LogP contribution in [-0.4, -0.2) is 25.7 Å². The van der Waals surface area contributed by atoms with Crippen LogP contribution >= 0.6 is 0 Å². The molecule has 0 rings (SSSR count). The standard InChI is InChI=1S/C9H15O4/c1-4-7(9(11)12-3)6-8(10)13-5-2/h4-6H2,1-3H3. The minimum atomic E-state index is -0.435. The van der Waals surface area contributed by atoms with Gasteiger partial charge in [0.1, 0.15) is 0 Å². The second-order valence-electron chi connectivity index (χ2n) is 2.43. The lowest BCUT2D eigenvalue weighted by molar-refractivity contribution is -0.147. The first-order chi connectivity index (χ1) is 6.15. The highest BCUT2D eigenvalue weighted by Crippen LogP contribution is 2.13. The van der Waals surface area contributed by atoms with E-state index in [9.17, 15) is 9.59 Å². The van der Waals surface area contributed by atoms with Crippen molar-refractivity contribution in [2.24, 2.45) is 0 Å². The maximum atomic E-state index is 11.0. The monoisotopic (exact) mass is 187 g/mol. The van der Waals surface area contributed by atoms with E-state index in [2.05, 4.69) is 4.74 Å². The predicted octanol–water partition coefficient (Wildman–Crippen LogP) is 1.10. The zero-order valence-corrected chi connectivity index (χ0v) is 8.25. The Balaban J connectivity index is 3.97. The van der Waals surface area contributed by atoms with Gasteiger partial charge in [-0.1, -0.05) is 6.92 Å². The van der Waals surface area contributed by atoms with E-state index in [1.165, 1.54) is 7.11 Å². The molecule has 0 aliphatic heterocycles. The Hall–Kier alpha value is -1.06. The molecule has 0 fully saturated rings. The first kappa shape index (κ1) is 11.9. The zero-order chi connectivity index (χ0) is 10.3. The zero-order valence-electron chi connectivity index (χ0n) is 8.25. The van der Waals surface area contributed by atoms with Gasteiger partial charge in [-0.2, -0.15) is 0 Å². The first-order valence-corrected chi connectivity index (χ1v) is 4.24. The van der Waals surface area contributed by atoms with E-state index in [1.54, 1.807) is 13.8 Å². The molecule has 75 valence electrons. The summed E-state index contributed by atoms with van der Waals surface area (Å²) in [6.45, 7) is 3.85. The molecule has 0 N–H and O–H groups in total. The highest BCUT2D eigenvalue weighted by molar-refractivity contribution is 5.90. The van der Waals surface area contributed by atoms with Gasteiger partial charge in [-0.15, -0.1) is 0 Å². The van der Waals surface area contributed by atoms with Crippen LogP contribution in [0.3, 0.4) is 0 Å². The fraction of sp³-hybridized carbons (Fsp3) is 0.667. The molecule has 0 spiro atoms. The van der Waals surface area contributed by atoms with Crippen molar-refractivity contribution in [2.75, 3.05) is 13.7 Å². The van der Waals surface area contributed by atoms with Crippen molar-refractivity contribution in [3.63, 3.8) is 0 Å². The summed E-state index contributed by atoms with van der Waals surface area (Å²) in [5, 5.41) is 0. The number of hydrogen-bond donors (Lipinski definition) is 0. The fourth-order valence-corrected chi connectivity index (χ4v) is 0.872. The summed E-state index contributed by atoms with van der Waals surface area (Å²) in [5.41, 5.74) is 0. The van der Waals surface area contributed by atoms with Gasteiger partial charge in [-0.05, 0) is 13.3 Å². The minimum absolute atomic E-state index is 0.0248. The van der Waals surface area contributed by atoms with E-state index in [-0.39, 0.29) is 12.4 Å². The topological polar surface area (TPSA) is 52.6 Å². The number of ether oxygens (including phenoxy) is 2. The second kappa shape index (κ2) is 6.46. The van der Waals surface area contributed by atoms with Crippen molar-refractivity contribution in [1.29, 1.82) is 0 Å². The summed E-state index contributed by atoms with van der Waals surface area (Å²) in [7, 11) is 1.29. The van der Waals surface area contributed by atoms with E-state index in [0.29, 0.717) is 18.9 Å². The van der Waals surface area contributed by atoms with E-state index < -0.39 is 5.97 Å². The SMILES string of the molecule is CCOC(=O)C[C](CC)C(=O)OC. The smallest absolute Gasteiger partial charge is 0.313 e. The van der Waals surface area contributed by atoms with E-state index >= 15 is 0 Å². The molecule has 0 amide bonds. The summed E-state index contributed by atoms with van der Waals surface area (Å²) in [6, 6.07) is 0. The highest BCUT2D eigenvalue weighted by atomic mass is 16.5. The number of esters is 2. The molecule has 4 nitrogen and oxygen atoms in total. The molecule has 0 aromatic rings. The van der Waals surface area contributed by atoms with Gasteiger partial charge < -0.3 is 9.47 Å². The molecular formula is C9H15O4. The lowest BCUT2D eigenvalue weighted by Crippen LogP contribution is -2.18. The summed E-state index contributed by atoms with van der Waals surface area (Å²) in [6.07, 6.45) is 0.530. The molecule has 0 unspecified atom stereocenters. The van der Waals surface area contributed by atoms with Crippen LogP contribution in [-0.2, 0) is 19.1 Å². The number of carbonyl (C=O) groups is 2. The van der Waals surface area contributed by atoms with Gasteiger partial charge in [0.2, 0.25) is 0 Å². The highest BCUT2D eigenvalue weighted by Gasteiger charge is 2.21. The van der Waals surface area contributed by atoms with Gasteiger partial charge in [0, 0.05) is 0 Å². The number of hydrogen-bond acceptors (Lipinski definition) is 4. The van der Waals surface area contributed by atoms with E-state index in [4.69, 9.17) is 4.74 Å². The molecule has 1 radical (unpaired) electrons. The summed E-state index contributed by atoms with van der Waals surface area (Å²) in [4.78, 5) is 22.0. The third kappa shape index (κ3) is 4.50. The van der Waals surface area contributed by atoms with Gasteiger partial charge in [0.15, 0.2) is 0 Å². The Morgan fingerprint density at radius 2 is 1.85 bits per heavy atom. The Morgan fingerprint density at radius 3 is 2.23 bits per heavy atom. The average Bonchev–Trinajstić information content (AvgIpc) is 2.13. The molecule has 0 heterocycles. The van der Waals surface area contributed by atoms with Crippen molar-refractivity contribution in [1.82, 2.24) is 0 Å². The van der Waals surface area contributed by atoms with E-state index in [1.807, 2.05) is 0 Å². The van der Waals surface area contributed by atoms with Gasteiger partial charge in [-0.3, -0.25) is 9.59 Å². The second-order valence-corrected chi connectivity index (χ2v) is 2.43. The van der Waals surface area contributed by atoms with E-state index in [0.717, 1.165) is 0 Å². The maximum Gasteiger partial charge on any atom is 0.313 e. The minimum Gasteiger partial charge on any atom is -0.469 e. The molecule has 0 atom stereocenters. The normalized spacial score (nSPS) is 9.85. The Kier molecular flexibility index (Phi) is 5.93. The van der Waals surface area contributed by atoms with Gasteiger partial charge in [-0.25, -0.2) is 0 Å². The molecule has 0 saturated heterocycles. The molecule has 0 aliphatic rings. The van der Waals surface area contributed by atoms with Crippen molar-refractivity contribution in [2.45, 2.75) is 26.7 Å². The van der Waals surface area contributed by atoms with Crippen LogP contribution in [0.4, 0.5) is 0 Å². The fourth-order valence-electron chi connectivity index (χ4n) is 0.872. The van der Waals surface area contributed by atoms with Crippen molar-refractivity contribution in [3.05, 3.63) is 5.92 Å². The quantitative estimate of drug-likeness (QED) is 0.605. The summed E-state index contributed by atoms with van der Waals surface area (Å²) in [5.74, 6) is -0.374. The summed E-state index contributed by atoms with van der Waals surface area (Å²) < 4.78 is 9.20. The van der Waals surface area contributed by atoms with Crippen LogP contribution in [0.25, 0.3) is 0 Å². The lowest BCUT2D eigenvalue weighted by Gasteiger charge is -2.09. The van der Waals surface area contributed by atoms with Crippen molar-refractivity contribution >= 4 is 11.9 Å². The Labute approximate surface area is 78.2 Å². The molecule has 0 saturated carbocycles. The van der Waals surface area contributed by atoms with Crippen LogP contribution in [0.2, 0.25) is 0 Å². The van der Waals surface area contributed by atoms with Crippen LogP contribution in [0.15, 0.2) is 0 Å². The van der Waals surface area contributed by atoms with Gasteiger partial charge >= 0.3 is 11.9 Å². The largest absolute Gasteiger partial charge is 0.469 e. The van der Waals surface area contributed by atoms with Crippen LogP contribution in [0, 0.1) is 5.92 Å². The number of carbonyl (C=O) groups excluding carboxylic acids is 2. The van der Waals surface area contributed by atoms with Crippen LogP contribution < -0.4 is 0 Å². The predicted molar refractivity (Wildman–Crippen MR) is 46.8 cm³/mol. The number of methoxy groups -OCH3 is 1. The first-order valence-electron chi connectivity index (χ1n) is 4.24. The Morgan fingerprint density at radius 1 is 1.23 bits per heavy atom. The van der Waals surface area contributed by atoms with Crippen LogP contribution in [0.5, 0.6) is 0 Å². The number of rotatable bonds is 5. The molecule has 13 heavy (non-hydrogen) atoms. The molecule has 0 aliphatic carbocycles. The van der Waals surface area contributed by atoms with Crippen molar-refractivity contribution < 1.29 is 19.1 Å². The molecular weight excluding hydrogens is 172 g/mol. The Bertz CT molecular complexity index is 176. The van der Waals surface area contributed by atoms with Gasteiger partial charge in [0.05, 0.1) is 26.1 Å². The molecule has 0 aromatic heterocycles. The maximum absolute atomic E-state index is 11.0. The third-order valence-corrected chi connectivity index (χ3v) is 1.56. The van der Waals surface area contributed by atoms with Crippen molar-refractivity contribution in [3.8, 4) is 0 Å². The summed E-state index contributed by atoms with van der Waals surface area (Å²) >= 11 is 0. The lowest BCUT2D eigenvalue weighted by atomic mass is 10.0. The molecule has 0 aromatic carbocycles. The molecule has 0 bridgehead atoms.